The second kappa shape index (κ2) is 4.01. The SMILES string of the molecule is Clc1ccc(C2NCCCS2)s1. The molecule has 2 rings (SSSR count). The summed E-state index contributed by atoms with van der Waals surface area (Å²) >= 11 is 9.51. The number of hydrogen-bond donors (Lipinski definition) is 1. The van der Waals surface area contributed by atoms with E-state index < -0.39 is 0 Å². The highest BCUT2D eigenvalue weighted by atomic mass is 35.5. The highest BCUT2D eigenvalue weighted by Crippen LogP contribution is 2.35. The first kappa shape index (κ1) is 8.88. The van der Waals surface area contributed by atoms with E-state index in [0.717, 1.165) is 10.9 Å². The fraction of sp³-hybridized carbons (Fsp3) is 0.500. The first-order chi connectivity index (χ1) is 5.86. The average Bonchev–Trinajstić information content (AvgIpc) is 2.54. The molecule has 1 N–H and O–H groups in total. The van der Waals surface area contributed by atoms with Crippen LogP contribution in [-0.2, 0) is 0 Å². The van der Waals surface area contributed by atoms with Crippen LogP contribution in [0.15, 0.2) is 12.1 Å². The largest absolute Gasteiger partial charge is 0.301 e. The molecule has 0 amide bonds. The van der Waals surface area contributed by atoms with Gasteiger partial charge in [-0.15, -0.1) is 23.1 Å². The molecule has 1 aromatic heterocycles. The number of rotatable bonds is 1. The van der Waals surface area contributed by atoms with E-state index in [1.54, 1.807) is 11.3 Å². The van der Waals surface area contributed by atoms with E-state index in [9.17, 15) is 0 Å². The van der Waals surface area contributed by atoms with Gasteiger partial charge in [0, 0.05) is 4.88 Å². The van der Waals surface area contributed by atoms with Gasteiger partial charge in [0.25, 0.3) is 0 Å². The summed E-state index contributed by atoms with van der Waals surface area (Å²) in [5.41, 5.74) is 0. The lowest BCUT2D eigenvalue weighted by atomic mass is 10.4. The second-order valence-corrected chi connectivity index (χ2v) is 5.66. The van der Waals surface area contributed by atoms with Gasteiger partial charge in [0.1, 0.15) is 0 Å². The maximum Gasteiger partial charge on any atom is 0.0932 e. The summed E-state index contributed by atoms with van der Waals surface area (Å²) in [5.74, 6) is 1.26. The van der Waals surface area contributed by atoms with Gasteiger partial charge in [0.15, 0.2) is 0 Å². The second-order valence-electron chi connectivity index (χ2n) is 2.70. The molecule has 0 aromatic carbocycles. The van der Waals surface area contributed by atoms with Crippen LogP contribution in [0.1, 0.15) is 16.7 Å². The van der Waals surface area contributed by atoms with E-state index in [-0.39, 0.29) is 0 Å². The molecule has 1 saturated heterocycles. The number of hydrogen-bond acceptors (Lipinski definition) is 3. The molecule has 66 valence electrons. The summed E-state index contributed by atoms with van der Waals surface area (Å²) in [7, 11) is 0. The Labute approximate surface area is 85.5 Å². The zero-order valence-corrected chi connectivity index (χ0v) is 8.94. The van der Waals surface area contributed by atoms with Gasteiger partial charge >= 0.3 is 0 Å². The van der Waals surface area contributed by atoms with Crippen molar-refractivity contribution < 1.29 is 0 Å². The van der Waals surface area contributed by atoms with E-state index in [0.29, 0.717) is 5.37 Å². The zero-order valence-electron chi connectivity index (χ0n) is 6.55. The molecule has 1 nitrogen and oxygen atoms in total. The molecule has 4 heteroatoms. The monoisotopic (exact) mass is 219 g/mol. The van der Waals surface area contributed by atoms with Gasteiger partial charge in [-0.2, -0.15) is 0 Å². The van der Waals surface area contributed by atoms with Gasteiger partial charge in [0.05, 0.1) is 9.71 Å². The third-order valence-corrected chi connectivity index (χ3v) is 4.51. The Morgan fingerprint density at radius 3 is 3.00 bits per heavy atom. The first-order valence-electron chi connectivity index (χ1n) is 3.96. The van der Waals surface area contributed by atoms with E-state index >= 15 is 0 Å². The summed E-state index contributed by atoms with van der Waals surface area (Å²) in [6.07, 6.45) is 1.28. The summed E-state index contributed by atoms with van der Waals surface area (Å²) in [6, 6.07) is 4.08. The van der Waals surface area contributed by atoms with Crippen molar-refractivity contribution in [1.29, 1.82) is 0 Å². The number of halogens is 1. The molecule has 1 atom stereocenters. The maximum absolute atomic E-state index is 5.86. The van der Waals surface area contributed by atoms with Crippen molar-refractivity contribution >= 4 is 34.7 Å². The molecular weight excluding hydrogens is 210 g/mol. The van der Waals surface area contributed by atoms with E-state index in [4.69, 9.17) is 11.6 Å². The fourth-order valence-corrected chi connectivity index (χ4v) is 3.61. The van der Waals surface area contributed by atoms with E-state index in [2.05, 4.69) is 11.4 Å². The Balaban J connectivity index is 2.08. The van der Waals surface area contributed by atoms with Gasteiger partial charge in [-0.25, -0.2) is 0 Å². The molecule has 1 aliphatic rings. The summed E-state index contributed by atoms with van der Waals surface area (Å²) < 4.78 is 0.887. The summed E-state index contributed by atoms with van der Waals surface area (Å²) in [4.78, 5) is 1.35. The van der Waals surface area contributed by atoms with Gasteiger partial charge in [-0.1, -0.05) is 11.6 Å². The van der Waals surface area contributed by atoms with Crippen LogP contribution >= 0.6 is 34.7 Å². The molecule has 1 aromatic rings. The van der Waals surface area contributed by atoms with Crippen molar-refractivity contribution in [3.63, 3.8) is 0 Å². The van der Waals surface area contributed by atoms with Crippen LogP contribution in [0.5, 0.6) is 0 Å². The smallest absolute Gasteiger partial charge is 0.0932 e. The van der Waals surface area contributed by atoms with Gasteiger partial charge in [-0.3, -0.25) is 0 Å². The number of thioether (sulfide) groups is 1. The molecule has 0 aliphatic carbocycles. The Morgan fingerprint density at radius 1 is 1.50 bits per heavy atom. The first-order valence-corrected chi connectivity index (χ1v) is 6.21. The molecule has 12 heavy (non-hydrogen) atoms. The van der Waals surface area contributed by atoms with Crippen LogP contribution in [0.3, 0.4) is 0 Å². The van der Waals surface area contributed by atoms with Crippen LogP contribution in [0.25, 0.3) is 0 Å². The predicted octanol–water partition coefficient (Wildman–Crippen LogP) is 3.13. The van der Waals surface area contributed by atoms with Gasteiger partial charge in [0.2, 0.25) is 0 Å². The van der Waals surface area contributed by atoms with E-state index in [1.165, 1.54) is 17.1 Å². The Kier molecular flexibility index (Phi) is 2.96. The maximum atomic E-state index is 5.86. The van der Waals surface area contributed by atoms with Crippen molar-refractivity contribution in [1.82, 2.24) is 5.32 Å². The van der Waals surface area contributed by atoms with Crippen LogP contribution in [0, 0.1) is 0 Å². The van der Waals surface area contributed by atoms with Crippen LogP contribution in [0.2, 0.25) is 4.34 Å². The van der Waals surface area contributed by atoms with Crippen molar-refractivity contribution in [3.05, 3.63) is 21.3 Å². The topological polar surface area (TPSA) is 12.0 Å². The van der Waals surface area contributed by atoms with E-state index in [1.807, 2.05) is 17.8 Å². The van der Waals surface area contributed by atoms with Gasteiger partial charge in [-0.05, 0) is 30.9 Å². The Hall–Kier alpha value is 0.300. The average molecular weight is 220 g/mol. The zero-order chi connectivity index (χ0) is 8.39. The number of thiophene rings is 1. The van der Waals surface area contributed by atoms with Crippen LogP contribution in [-0.4, -0.2) is 12.3 Å². The van der Waals surface area contributed by atoms with Crippen molar-refractivity contribution in [2.75, 3.05) is 12.3 Å². The molecule has 0 spiro atoms. The van der Waals surface area contributed by atoms with Crippen LogP contribution in [0.4, 0.5) is 0 Å². The lowest BCUT2D eigenvalue weighted by Gasteiger charge is -2.21. The lowest BCUT2D eigenvalue weighted by molar-refractivity contribution is 0.649. The highest BCUT2D eigenvalue weighted by molar-refractivity contribution is 7.99. The minimum absolute atomic E-state index is 0.483. The van der Waals surface area contributed by atoms with Crippen molar-refractivity contribution in [3.8, 4) is 0 Å². The normalized spacial score (nSPS) is 24.2. The Morgan fingerprint density at radius 2 is 2.42 bits per heavy atom. The van der Waals surface area contributed by atoms with Gasteiger partial charge < -0.3 is 5.32 Å². The molecule has 2 heterocycles. The van der Waals surface area contributed by atoms with Crippen molar-refractivity contribution in [2.45, 2.75) is 11.8 Å². The Bertz CT molecular complexity index is 255. The molecule has 1 aliphatic heterocycles. The lowest BCUT2D eigenvalue weighted by Crippen LogP contribution is -2.24. The van der Waals surface area contributed by atoms with Crippen molar-refractivity contribution in [2.24, 2.45) is 0 Å². The molecule has 0 saturated carbocycles. The third-order valence-electron chi connectivity index (χ3n) is 1.79. The minimum atomic E-state index is 0.483. The fourth-order valence-electron chi connectivity index (χ4n) is 1.22. The summed E-state index contributed by atoms with van der Waals surface area (Å²) in [6.45, 7) is 1.13. The quantitative estimate of drug-likeness (QED) is 0.779. The molecule has 1 fully saturated rings. The predicted molar refractivity (Wildman–Crippen MR) is 57.1 cm³/mol. The third kappa shape index (κ3) is 1.96. The highest BCUT2D eigenvalue weighted by Gasteiger charge is 2.16. The molecule has 1 unspecified atom stereocenters. The molecule has 0 radical (unpaired) electrons. The standard InChI is InChI=1S/C8H10ClNS2/c9-7-3-2-6(12-7)8-10-4-1-5-11-8/h2-3,8,10H,1,4-5H2. The number of nitrogens with one attached hydrogen (secondary N) is 1. The minimum Gasteiger partial charge on any atom is -0.301 e. The summed E-state index contributed by atoms with van der Waals surface area (Å²) in [5, 5.41) is 3.95. The molecule has 0 bridgehead atoms. The van der Waals surface area contributed by atoms with Crippen LogP contribution < -0.4 is 5.32 Å². The molecular formula is C8H10ClNS2.